The molecule has 0 aromatic carbocycles. The first-order chi connectivity index (χ1) is 8.56. The number of carbonyl (C=O) groups is 2. The quantitative estimate of drug-likeness (QED) is 0.444. The zero-order valence-corrected chi connectivity index (χ0v) is 11.2. The van der Waals surface area contributed by atoms with E-state index in [2.05, 4.69) is 10.6 Å². The molecule has 18 heavy (non-hydrogen) atoms. The molecule has 0 bridgehead atoms. The predicted molar refractivity (Wildman–Crippen MR) is 70.2 cm³/mol. The van der Waals surface area contributed by atoms with Gasteiger partial charge in [-0.2, -0.15) is 0 Å². The van der Waals surface area contributed by atoms with Crippen LogP contribution >= 0.6 is 0 Å². The normalized spacial score (nSPS) is 13.9. The summed E-state index contributed by atoms with van der Waals surface area (Å²) in [6.07, 6.45) is 3.58. The average molecular weight is 259 g/mol. The van der Waals surface area contributed by atoms with Crippen LogP contribution in [-0.4, -0.2) is 42.7 Å². The molecule has 0 heterocycles. The summed E-state index contributed by atoms with van der Waals surface area (Å²) in [5.41, 5.74) is 5.34. The van der Waals surface area contributed by atoms with Crippen molar-refractivity contribution >= 4 is 11.9 Å². The summed E-state index contributed by atoms with van der Waals surface area (Å²) in [6, 6.07) is -1.18. The third-order valence-electron chi connectivity index (χ3n) is 2.82. The fraction of sp³-hybridized carbons (Fsp3) is 0.833. The van der Waals surface area contributed by atoms with Crippen molar-refractivity contribution in [3.8, 4) is 0 Å². The molecule has 1 amide bonds. The molecular weight excluding hydrogens is 234 g/mol. The fourth-order valence-corrected chi connectivity index (χ4v) is 1.67. The number of carboxylic acid groups (broad SMARTS) is 1. The van der Waals surface area contributed by atoms with Crippen LogP contribution in [0.5, 0.6) is 0 Å². The predicted octanol–water partition coefficient (Wildman–Crippen LogP) is 0.0729. The molecule has 0 saturated carbocycles. The highest BCUT2D eigenvalue weighted by molar-refractivity contribution is 5.86. The minimum absolute atomic E-state index is 0.254. The number of aliphatic carboxylic acids is 1. The molecule has 2 atom stereocenters. The summed E-state index contributed by atoms with van der Waals surface area (Å²) >= 11 is 0. The summed E-state index contributed by atoms with van der Waals surface area (Å²) in [5, 5.41) is 14.5. The lowest BCUT2D eigenvalue weighted by Crippen LogP contribution is -2.49. The molecule has 0 fully saturated rings. The van der Waals surface area contributed by atoms with Gasteiger partial charge in [-0.25, -0.2) is 4.79 Å². The highest BCUT2D eigenvalue weighted by atomic mass is 16.4. The standard InChI is InChI=1S/C12H25N3O3/c1-3-4-6-9(14-2)11(16)15-10(12(17)18)7-5-8-13/h9-10,14H,3-8,13H2,1-2H3,(H,15,16)(H,17,18)/t9-,10-/m0/s1. The lowest BCUT2D eigenvalue weighted by Gasteiger charge is -2.19. The van der Waals surface area contributed by atoms with Crippen LogP contribution in [0, 0.1) is 0 Å². The van der Waals surface area contributed by atoms with Crippen LogP contribution in [0.25, 0.3) is 0 Å². The molecule has 106 valence electrons. The summed E-state index contributed by atoms with van der Waals surface area (Å²) in [5.74, 6) is -1.27. The second-order valence-corrected chi connectivity index (χ2v) is 4.31. The van der Waals surface area contributed by atoms with Gasteiger partial charge in [0.05, 0.1) is 6.04 Å². The molecule has 0 unspecified atom stereocenters. The number of hydrogen-bond acceptors (Lipinski definition) is 4. The number of carboxylic acids is 1. The molecule has 0 aliphatic heterocycles. The van der Waals surface area contributed by atoms with E-state index in [4.69, 9.17) is 10.8 Å². The molecule has 0 aromatic heterocycles. The Morgan fingerprint density at radius 3 is 2.28 bits per heavy atom. The maximum atomic E-state index is 11.9. The Balaban J connectivity index is 4.32. The lowest BCUT2D eigenvalue weighted by atomic mass is 10.1. The highest BCUT2D eigenvalue weighted by Crippen LogP contribution is 2.03. The van der Waals surface area contributed by atoms with E-state index in [1.807, 2.05) is 6.92 Å². The first-order valence-electron chi connectivity index (χ1n) is 6.47. The Bertz CT molecular complexity index is 259. The Morgan fingerprint density at radius 2 is 1.83 bits per heavy atom. The third-order valence-corrected chi connectivity index (χ3v) is 2.82. The molecule has 0 spiro atoms. The monoisotopic (exact) mass is 259 g/mol. The van der Waals surface area contributed by atoms with Crippen LogP contribution in [-0.2, 0) is 9.59 Å². The van der Waals surface area contributed by atoms with Gasteiger partial charge in [0.2, 0.25) is 5.91 Å². The third kappa shape index (κ3) is 6.56. The zero-order chi connectivity index (χ0) is 14.0. The average Bonchev–Trinajstić information content (AvgIpc) is 2.34. The van der Waals surface area contributed by atoms with Crippen LogP contribution in [0.3, 0.4) is 0 Å². The van der Waals surface area contributed by atoms with E-state index >= 15 is 0 Å². The molecule has 5 N–H and O–H groups in total. The summed E-state index contributed by atoms with van der Waals surface area (Å²) in [4.78, 5) is 22.9. The van der Waals surface area contributed by atoms with Crippen LogP contribution in [0.15, 0.2) is 0 Å². The summed E-state index contributed by atoms with van der Waals surface area (Å²) < 4.78 is 0. The van der Waals surface area contributed by atoms with Crippen LogP contribution in [0.1, 0.15) is 39.0 Å². The molecule has 0 aliphatic carbocycles. The van der Waals surface area contributed by atoms with Gasteiger partial charge in [-0.15, -0.1) is 0 Å². The number of likely N-dealkylation sites (N-methyl/N-ethyl adjacent to an activating group) is 1. The minimum atomic E-state index is -1.01. The maximum absolute atomic E-state index is 11.9. The zero-order valence-electron chi connectivity index (χ0n) is 11.2. The number of hydrogen-bond donors (Lipinski definition) is 4. The van der Waals surface area contributed by atoms with Crippen LogP contribution < -0.4 is 16.4 Å². The first kappa shape index (κ1) is 16.9. The highest BCUT2D eigenvalue weighted by Gasteiger charge is 2.23. The largest absolute Gasteiger partial charge is 0.480 e. The van der Waals surface area contributed by atoms with E-state index in [0.717, 1.165) is 12.8 Å². The van der Waals surface area contributed by atoms with Gasteiger partial charge in [0, 0.05) is 0 Å². The molecule has 6 heteroatoms. The smallest absolute Gasteiger partial charge is 0.326 e. The molecule has 6 nitrogen and oxygen atoms in total. The fourth-order valence-electron chi connectivity index (χ4n) is 1.67. The van der Waals surface area contributed by atoms with Gasteiger partial charge in [0.15, 0.2) is 0 Å². The molecule has 0 saturated heterocycles. The number of amides is 1. The van der Waals surface area contributed by atoms with Crippen molar-refractivity contribution in [3.63, 3.8) is 0 Å². The van der Waals surface area contributed by atoms with Gasteiger partial charge in [0.1, 0.15) is 6.04 Å². The van der Waals surface area contributed by atoms with E-state index in [-0.39, 0.29) is 11.9 Å². The number of unbranched alkanes of at least 4 members (excludes halogenated alkanes) is 1. The van der Waals surface area contributed by atoms with Crippen LogP contribution in [0.2, 0.25) is 0 Å². The summed E-state index contributed by atoms with van der Waals surface area (Å²) in [6.45, 7) is 2.47. The van der Waals surface area contributed by atoms with Gasteiger partial charge >= 0.3 is 5.97 Å². The van der Waals surface area contributed by atoms with Gasteiger partial charge < -0.3 is 21.5 Å². The van der Waals surface area contributed by atoms with E-state index < -0.39 is 12.0 Å². The Kier molecular flexibility index (Phi) is 9.22. The van der Waals surface area contributed by atoms with Gasteiger partial charge in [-0.3, -0.25) is 4.79 Å². The number of carbonyl (C=O) groups excluding carboxylic acids is 1. The van der Waals surface area contributed by atoms with Gasteiger partial charge in [0.25, 0.3) is 0 Å². The van der Waals surface area contributed by atoms with Crippen molar-refractivity contribution in [1.29, 1.82) is 0 Å². The SMILES string of the molecule is CCCC[C@H](NC)C(=O)N[C@@H](CCCN)C(=O)O. The number of nitrogens with one attached hydrogen (secondary N) is 2. The molecule has 0 aromatic rings. The van der Waals surface area contributed by atoms with Gasteiger partial charge in [-0.05, 0) is 32.9 Å². The van der Waals surface area contributed by atoms with Gasteiger partial charge in [-0.1, -0.05) is 19.8 Å². The minimum Gasteiger partial charge on any atom is -0.480 e. The van der Waals surface area contributed by atoms with Crippen molar-refractivity contribution in [2.75, 3.05) is 13.6 Å². The molecule has 0 aliphatic rings. The molecule has 0 rings (SSSR count). The first-order valence-corrected chi connectivity index (χ1v) is 6.47. The van der Waals surface area contributed by atoms with Crippen molar-refractivity contribution < 1.29 is 14.7 Å². The molecular formula is C12H25N3O3. The Labute approximate surface area is 108 Å². The van der Waals surface area contributed by atoms with E-state index in [1.54, 1.807) is 7.05 Å². The Hall–Kier alpha value is -1.14. The number of rotatable bonds is 10. The number of nitrogens with two attached hydrogens (primary N) is 1. The lowest BCUT2D eigenvalue weighted by molar-refractivity contribution is -0.142. The summed E-state index contributed by atoms with van der Waals surface area (Å²) in [7, 11) is 1.70. The van der Waals surface area contributed by atoms with E-state index in [0.29, 0.717) is 25.8 Å². The van der Waals surface area contributed by atoms with Crippen molar-refractivity contribution in [2.24, 2.45) is 5.73 Å². The van der Waals surface area contributed by atoms with Crippen LogP contribution in [0.4, 0.5) is 0 Å². The Morgan fingerprint density at radius 1 is 1.22 bits per heavy atom. The molecule has 0 radical (unpaired) electrons. The maximum Gasteiger partial charge on any atom is 0.326 e. The topological polar surface area (TPSA) is 104 Å². The second kappa shape index (κ2) is 9.85. The van der Waals surface area contributed by atoms with Crippen molar-refractivity contribution in [2.45, 2.75) is 51.1 Å². The van der Waals surface area contributed by atoms with E-state index in [1.165, 1.54) is 0 Å². The second-order valence-electron chi connectivity index (χ2n) is 4.31. The van der Waals surface area contributed by atoms with Crippen molar-refractivity contribution in [1.82, 2.24) is 10.6 Å². The van der Waals surface area contributed by atoms with Crippen molar-refractivity contribution in [3.05, 3.63) is 0 Å². The van der Waals surface area contributed by atoms with E-state index in [9.17, 15) is 9.59 Å².